The van der Waals surface area contributed by atoms with Crippen LogP contribution in [-0.2, 0) is 4.74 Å². The number of nitrogens with zero attached hydrogens (tertiary/aromatic N) is 1. The molecule has 1 aliphatic heterocycles. The van der Waals surface area contributed by atoms with Crippen molar-refractivity contribution in [2.45, 2.75) is 12.8 Å². The lowest BCUT2D eigenvalue weighted by molar-refractivity contribution is 0.185. The van der Waals surface area contributed by atoms with Crippen molar-refractivity contribution in [1.29, 1.82) is 0 Å². The van der Waals surface area contributed by atoms with Crippen LogP contribution in [0.2, 0.25) is 0 Å². The molecule has 0 aromatic carbocycles. The second kappa shape index (κ2) is 5.45. The minimum absolute atomic E-state index is 0.165. The van der Waals surface area contributed by atoms with Crippen molar-refractivity contribution in [1.82, 2.24) is 9.97 Å². The molecule has 2 heterocycles. The predicted molar refractivity (Wildman–Crippen MR) is 64.6 cm³/mol. The van der Waals surface area contributed by atoms with Crippen LogP contribution in [0.25, 0.3) is 0 Å². The first-order valence-corrected chi connectivity index (χ1v) is 6.11. The maximum Gasteiger partial charge on any atom is 0.267 e. The van der Waals surface area contributed by atoms with Gasteiger partial charge in [-0.3, -0.25) is 4.79 Å². The summed E-state index contributed by atoms with van der Waals surface area (Å²) in [6.45, 7) is 2.53. The summed E-state index contributed by atoms with van der Waals surface area (Å²) in [5.74, 6) is 1.23. The summed E-state index contributed by atoms with van der Waals surface area (Å²) in [6, 6.07) is 0. The molecule has 0 aliphatic carbocycles. The molecular formula is C10H14BrN3O2. The Kier molecular flexibility index (Phi) is 3.95. The minimum Gasteiger partial charge on any atom is -0.381 e. The van der Waals surface area contributed by atoms with Gasteiger partial charge in [0, 0.05) is 19.8 Å². The van der Waals surface area contributed by atoms with Gasteiger partial charge in [0.15, 0.2) is 0 Å². The van der Waals surface area contributed by atoms with Crippen molar-refractivity contribution in [3.8, 4) is 0 Å². The first-order valence-electron chi connectivity index (χ1n) is 5.32. The van der Waals surface area contributed by atoms with Crippen LogP contribution < -0.4 is 10.9 Å². The molecular weight excluding hydrogens is 274 g/mol. The minimum atomic E-state index is -0.165. The van der Waals surface area contributed by atoms with Gasteiger partial charge in [-0.25, -0.2) is 4.98 Å². The number of aromatic amines is 1. The van der Waals surface area contributed by atoms with Crippen molar-refractivity contribution >= 4 is 21.7 Å². The maximum absolute atomic E-state index is 11.3. The SMILES string of the molecule is O=c1[nH]cnc(NCCC2CCOC2)c1Br. The van der Waals surface area contributed by atoms with E-state index in [1.54, 1.807) is 0 Å². The monoisotopic (exact) mass is 287 g/mol. The molecule has 0 radical (unpaired) electrons. The van der Waals surface area contributed by atoms with E-state index >= 15 is 0 Å². The van der Waals surface area contributed by atoms with Gasteiger partial charge in [0.1, 0.15) is 10.3 Å². The van der Waals surface area contributed by atoms with E-state index in [1.807, 2.05) is 0 Å². The smallest absolute Gasteiger partial charge is 0.267 e. The van der Waals surface area contributed by atoms with Crippen LogP contribution in [0, 0.1) is 5.92 Å². The van der Waals surface area contributed by atoms with Crippen LogP contribution >= 0.6 is 15.9 Å². The Balaban J connectivity index is 1.84. The summed E-state index contributed by atoms with van der Waals surface area (Å²) in [4.78, 5) is 17.8. The lowest BCUT2D eigenvalue weighted by Gasteiger charge is -2.09. The number of rotatable bonds is 4. The fraction of sp³-hybridized carbons (Fsp3) is 0.600. The summed E-state index contributed by atoms with van der Waals surface area (Å²) >= 11 is 3.20. The van der Waals surface area contributed by atoms with E-state index < -0.39 is 0 Å². The standard InChI is InChI=1S/C10H14BrN3O2/c11-8-9(13-6-14-10(8)15)12-3-1-7-2-4-16-5-7/h6-7H,1-5H2,(H2,12,13,14,15). The highest BCUT2D eigenvalue weighted by Gasteiger charge is 2.15. The first kappa shape index (κ1) is 11.6. The van der Waals surface area contributed by atoms with E-state index in [0.717, 1.165) is 32.6 Å². The number of aromatic nitrogens is 2. The average Bonchev–Trinajstić information content (AvgIpc) is 2.77. The number of hydrogen-bond donors (Lipinski definition) is 2. The highest BCUT2D eigenvalue weighted by Crippen LogP contribution is 2.17. The van der Waals surface area contributed by atoms with Gasteiger partial charge in [0.25, 0.3) is 5.56 Å². The zero-order valence-corrected chi connectivity index (χ0v) is 10.4. The Morgan fingerprint density at radius 1 is 1.69 bits per heavy atom. The molecule has 88 valence electrons. The van der Waals surface area contributed by atoms with Crippen LogP contribution in [0.15, 0.2) is 15.6 Å². The molecule has 0 saturated carbocycles. The van der Waals surface area contributed by atoms with Crippen molar-refractivity contribution in [2.75, 3.05) is 25.1 Å². The molecule has 1 saturated heterocycles. The number of halogens is 1. The molecule has 0 bridgehead atoms. The van der Waals surface area contributed by atoms with Gasteiger partial charge < -0.3 is 15.0 Å². The van der Waals surface area contributed by atoms with E-state index in [1.165, 1.54) is 6.33 Å². The van der Waals surface area contributed by atoms with E-state index in [9.17, 15) is 4.79 Å². The zero-order chi connectivity index (χ0) is 11.4. The Bertz CT molecular complexity index is 401. The third-order valence-corrected chi connectivity index (χ3v) is 3.40. The van der Waals surface area contributed by atoms with Crippen molar-refractivity contribution in [3.63, 3.8) is 0 Å². The molecule has 1 atom stereocenters. The molecule has 1 unspecified atom stereocenters. The average molecular weight is 288 g/mol. The zero-order valence-electron chi connectivity index (χ0n) is 8.83. The lowest BCUT2D eigenvalue weighted by atomic mass is 10.1. The summed E-state index contributed by atoms with van der Waals surface area (Å²) in [5, 5.41) is 3.15. The fourth-order valence-corrected chi connectivity index (χ4v) is 2.07. The third-order valence-electron chi connectivity index (χ3n) is 2.67. The van der Waals surface area contributed by atoms with Gasteiger partial charge >= 0.3 is 0 Å². The molecule has 5 nitrogen and oxygen atoms in total. The van der Waals surface area contributed by atoms with E-state index in [-0.39, 0.29) is 5.56 Å². The van der Waals surface area contributed by atoms with Gasteiger partial charge in [0.05, 0.1) is 6.33 Å². The molecule has 16 heavy (non-hydrogen) atoms. The molecule has 0 amide bonds. The van der Waals surface area contributed by atoms with E-state index in [2.05, 4.69) is 31.2 Å². The maximum atomic E-state index is 11.3. The van der Waals surface area contributed by atoms with Gasteiger partial charge in [-0.15, -0.1) is 0 Å². The third kappa shape index (κ3) is 2.82. The van der Waals surface area contributed by atoms with Gasteiger partial charge in [0.2, 0.25) is 0 Å². The quantitative estimate of drug-likeness (QED) is 0.878. The van der Waals surface area contributed by atoms with Crippen LogP contribution in [0.4, 0.5) is 5.82 Å². The Labute approximate surface area is 102 Å². The molecule has 1 aromatic heterocycles. The van der Waals surface area contributed by atoms with Gasteiger partial charge in [-0.2, -0.15) is 0 Å². The van der Waals surface area contributed by atoms with Gasteiger partial charge in [-0.05, 0) is 34.7 Å². The van der Waals surface area contributed by atoms with Crippen molar-refractivity contribution in [2.24, 2.45) is 5.92 Å². The molecule has 1 fully saturated rings. The second-order valence-corrected chi connectivity index (χ2v) is 4.63. The molecule has 2 N–H and O–H groups in total. The largest absolute Gasteiger partial charge is 0.381 e. The number of nitrogens with one attached hydrogen (secondary N) is 2. The van der Waals surface area contributed by atoms with Crippen LogP contribution in [0.5, 0.6) is 0 Å². The van der Waals surface area contributed by atoms with Crippen molar-refractivity contribution in [3.05, 3.63) is 21.2 Å². The number of ether oxygens (including phenoxy) is 1. The summed E-state index contributed by atoms with van der Waals surface area (Å²) in [6.07, 6.45) is 3.57. The normalized spacial score (nSPS) is 19.9. The fourth-order valence-electron chi connectivity index (χ4n) is 1.71. The van der Waals surface area contributed by atoms with Crippen LogP contribution in [0.1, 0.15) is 12.8 Å². The number of anilines is 1. The molecule has 0 spiro atoms. The number of H-pyrrole nitrogens is 1. The number of hydrogen-bond acceptors (Lipinski definition) is 4. The summed E-state index contributed by atoms with van der Waals surface area (Å²) in [5.41, 5.74) is -0.165. The Morgan fingerprint density at radius 3 is 3.31 bits per heavy atom. The summed E-state index contributed by atoms with van der Waals surface area (Å²) < 4.78 is 5.75. The second-order valence-electron chi connectivity index (χ2n) is 3.84. The van der Waals surface area contributed by atoms with E-state index in [4.69, 9.17) is 4.74 Å². The van der Waals surface area contributed by atoms with Crippen LogP contribution in [0.3, 0.4) is 0 Å². The first-order chi connectivity index (χ1) is 7.77. The Hall–Kier alpha value is -0.880. The molecule has 2 rings (SSSR count). The summed E-state index contributed by atoms with van der Waals surface area (Å²) in [7, 11) is 0. The lowest BCUT2D eigenvalue weighted by Crippen LogP contribution is -2.14. The van der Waals surface area contributed by atoms with Crippen LogP contribution in [-0.4, -0.2) is 29.7 Å². The molecule has 1 aromatic rings. The van der Waals surface area contributed by atoms with Gasteiger partial charge in [-0.1, -0.05) is 0 Å². The Morgan fingerprint density at radius 2 is 2.56 bits per heavy atom. The molecule has 6 heteroatoms. The van der Waals surface area contributed by atoms with E-state index in [0.29, 0.717) is 16.2 Å². The van der Waals surface area contributed by atoms with Crippen molar-refractivity contribution < 1.29 is 4.74 Å². The highest BCUT2D eigenvalue weighted by atomic mass is 79.9. The highest BCUT2D eigenvalue weighted by molar-refractivity contribution is 9.10. The predicted octanol–water partition coefficient (Wildman–Crippen LogP) is 1.37. The molecule has 1 aliphatic rings. The topological polar surface area (TPSA) is 67.0 Å².